The maximum absolute atomic E-state index is 12.2. The molecular formula is C17H22N2O3. The molecule has 1 aromatic rings. The number of amides is 1. The highest BCUT2D eigenvalue weighted by Gasteiger charge is 2.32. The molecule has 0 unspecified atom stereocenters. The van der Waals surface area contributed by atoms with Crippen molar-refractivity contribution in [2.45, 2.75) is 45.3 Å². The van der Waals surface area contributed by atoms with Gasteiger partial charge in [0.25, 0.3) is 0 Å². The lowest BCUT2D eigenvalue weighted by Crippen LogP contribution is -2.42. The second-order valence-corrected chi connectivity index (χ2v) is 6.42. The van der Waals surface area contributed by atoms with Gasteiger partial charge in [-0.1, -0.05) is 6.07 Å². The van der Waals surface area contributed by atoms with Crippen LogP contribution in [0.5, 0.6) is 5.75 Å². The maximum atomic E-state index is 12.2. The first-order valence-corrected chi connectivity index (χ1v) is 7.51. The zero-order valence-corrected chi connectivity index (χ0v) is 13.3. The van der Waals surface area contributed by atoms with Crippen molar-refractivity contribution in [1.82, 2.24) is 4.90 Å². The van der Waals surface area contributed by atoms with Crippen LogP contribution in [0.25, 0.3) is 0 Å². The van der Waals surface area contributed by atoms with Crippen LogP contribution in [-0.4, -0.2) is 35.8 Å². The van der Waals surface area contributed by atoms with E-state index in [4.69, 9.17) is 14.7 Å². The molecule has 1 heterocycles. The zero-order chi connectivity index (χ0) is 16.2. The van der Waals surface area contributed by atoms with E-state index in [1.165, 1.54) is 0 Å². The van der Waals surface area contributed by atoms with E-state index in [0.717, 1.165) is 12.8 Å². The second-order valence-electron chi connectivity index (χ2n) is 6.42. The number of likely N-dealkylation sites (tertiary alicyclic amines) is 1. The summed E-state index contributed by atoms with van der Waals surface area (Å²) in [7, 11) is 0. The predicted molar refractivity (Wildman–Crippen MR) is 82.6 cm³/mol. The molecule has 22 heavy (non-hydrogen) atoms. The summed E-state index contributed by atoms with van der Waals surface area (Å²) in [4.78, 5) is 13.9. The van der Waals surface area contributed by atoms with Crippen LogP contribution >= 0.6 is 0 Å². The summed E-state index contributed by atoms with van der Waals surface area (Å²) in [5, 5.41) is 8.89. The second kappa shape index (κ2) is 6.69. The lowest BCUT2D eigenvalue weighted by Gasteiger charge is -2.28. The van der Waals surface area contributed by atoms with E-state index in [-0.39, 0.29) is 12.1 Å². The van der Waals surface area contributed by atoms with Gasteiger partial charge in [0, 0.05) is 6.54 Å². The summed E-state index contributed by atoms with van der Waals surface area (Å²) in [5.74, 6) is 0.648. The van der Waals surface area contributed by atoms with E-state index in [1.807, 2.05) is 26.8 Å². The summed E-state index contributed by atoms with van der Waals surface area (Å²) >= 11 is 0. The van der Waals surface area contributed by atoms with Crippen LogP contribution in [-0.2, 0) is 4.74 Å². The van der Waals surface area contributed by atoms with Crippen molar-refractivity contribution in [2.24, 2.45) is 0 Å². The van der Waals surface area contributed by atoms with E-state index >= 15 is 0 Å². The summed E-state index contributed by atoms with van der Waals surface area (Å²) in [6.45, 7) is 6.69. The predicted octanol–water partition coefficient (Wildman–Crippen LogP) is 3.34. The lowest BCUT2D eigenvalue weighted by molar-refractivity contribution is 0.0187. The Balaban J connectivity index is 1.94. The molecule has 1 fully saturated rings. The molecule has 1 atom stereocenters. The summed E-state index contributed by atoms with van der Waals surface area (Å²) in [6, 6.07) is 9.13. The van der Waals surface area contributed by atoms with Crippen molar-refractivity contribution in [3.63, 3.8) is 0 Å². The molecule has 1 saturated heterocycles. The van der Waals surface area contributed by atoms with Gasteiger partial charge in [-0.3, -0.25) is 0 Å². The zero-order valence-electron chi connectivity index (χ0n) is 13.3. The Hall–Kier alpha value is -2.22. The van der Waals surface area contributed by atoms with Gasteiger partial charge in [-0.05, 0) is 51.8 Å². The molecule has 1 aliphatic rings. The molecule has 0 saturated carbocycles. The first kappa shape index (κ1) is 16.2. The smallest absolute Gasteiger partial charge is 0.410 e. The Morgan fingerprint density at radius 3 is 2.91 bits per heavy atom. The molecule has 0 spiro atoms. The number of carbonyl (C=O) groups is 1. The SMILES string of the molecule is CC(C)(C)OC(=O)N1CCC[C@@H]1COc1cccc(C#N)c1. The van der Waals surface area contributed by atoms with E-state index in [0.29, 0.717) is 24.5 Å². The van der Waals surface area contributed by atoms with Gasteiger partial charge in [-0.15, -0.1) is 0 Å². The van der Waals surface area contributed by atoms with Gasteiger partial charge in [-0.25, -0.2) is 4.79 Å². The van der Waals surface area contributed by atoms with Gasteiger partial charge in [0.15, 0.2) is 0 Å². The van der Waals surface area contributed by atoms with E-state index in [2.05, 4.69) is 6.07 Å². The number of carbonyl (C=O) groups excluding carboxylic acids is 1. The molecular weight excluding hydrogens is 280 g/mol. The summed E-state index contributed by atoms with van der Waals surface area (Å²) in [6.07, 6.45) is 1.56. The topological polar surface area (TPSA) is 62.6 Å². The van der Waals surface area contributed by atoms with Gasteiger partial charge in [0.1, 0.15) is 18.0 Å². The van der Waals surface area contributed by atoms with Crippen LogP contribution in [0.15, 0.2) is 24.3 Å². The fourth-order valence-electron chi connectivity index (χ4n) is 2.42. The van der Waals surface area contributed by atoms with Crippen molar-refractivity contribution in [3.8, 4) is 11.8 Å². The number of hydrogen-bond donors (Lipinski definition) is 0. The van der Waals surface area contributed by atoms with Gasteiger partial charge in [0.05, 0.1) is 17.7 Å². The highest BCUT2D eigenvalue weighted by atomic mass is 16.6. The normalized spacial score (nSPS) is 17.9. The standard InChI is InChI=1S/C17H22N2O3/c1-17(2,3)22-16(20)19-9-5-7-14(19)12-21-15-8-4-6-13(10-15)11-18/h4,6,8,10,14H,5,7,9,12H2,1-3H3/t14-/m1/s1. The van der Waals surface area contributed by atoms with Crippen molar-refractivity contribution >= 4 is 6.09 Å². The van der Waals surface area contributed by atoms with E-state index < -0.39 is 5.60 Å². The van der Waals surface area contributed by atoms with Gasteiger partial charge < -0.3 is 14.4 Å². The number of ether oxygens (including phenoxy) is 2. The fraction of sp³-hybridized carbons (Fsp3) is 0.529. The molecule has 2 rings (SSSR count). The Kier molecular flexibility index (Phi) is 4.92. The third-order valence-electron chi connectivity index (χ3n) is 3.41. The summed E-state index contributed by atoms with van der Waals surface area (Å²) < 4.78 is 11.2. The minimum atomic E-state index is -0.494. The molecule has 1 aromatic carbocycles. The molecule has 5 heteroatoms. The van der Waals surface area contributed by atoms with Crippen LogP contribution in [0, 0.1) is 11.3 Å². The van der Waals surface area contributed by atoms with Crippen LogP contribution in [0.4, 0.5) is 4.79 Å². The van der Waals surface area contributed by atoms with Gasteiger partial charge >= 0.3 is 6.09 Å². The minimum absolute atomic E-state index is 0.0144. The van der Waals surface area contributed by atoms with Gasteiger partial charge in [0.2, 0.25) is 0 Å². The van der Waals surface area contributed by atoms with Gasteiger partial charge in [-0.2, -0.15) is 5.26 Å². The van der Waals surface area contributed by atoms with Crippen LogP contribution in [0.1, 0.15) is 39.2 Å². The number of nitrogens with zero attached hydrogens (tertiary/aromatic N) is 2. The van der Waals surface area contributed by atoms with Crippen LogP contribution in [0.3, 0.4) is 0 Å². The molecule has 5 nitrogen and oxygen atoms in total. The summed E-state index contributed by atoms with van der Waals surface area (Å²) in [5.41, 5.74) is 0.0690. The Bertz CT molecular complexity index is 572. The Morgan fingerprint density at radius 2 is 2.23 bits per heavy atom. The van der Waals surface area contributed by atoms with E-state index in [1.54, 1.807) is 23.1 Å². The molecule has 0 N–H and O–H groups in total. The molecule has 1 aliphatic heterocycles. The number of benzene rings is 1. The quantitative estimate of drug-likeness (QED) is 0.859. The van der Waals surface area contributed by atoms with Crippen molar-refractivity contribution in [2.75, 3.05) is 13.2 Å². The first-order valence-electron chi connectivity index (χ1n) is 7.51. The number of rotatable bonds is 3. The van der Waals surface area contributed by atoms with Crippen LogP contribution in [0.2, 0.25) is 0 Å². The van der Waals surface area contributed by atoms with Crippen molar-refractivity contribution in [1.29, 1.82) is 5.26 Å². The third-order valence-corrected chi connectivity index (χ3v) is 3.41. The molecule has 1 amide bonds. The largest absolute Gasteiger partial charge is 0.491 e. The highest BCUT2D eigenvalue weighted by molar-refractivity contribution is 5.69. The first-order chi connectivity index (χ1) is 10.4. The van der Waals surface area contributed by atoms with Crippen molar-refractivity contribution < 1.29 is 14.3 Å². The highest BCUT2D eigenvalue weighted by Crippen LogP contribution is 2.22. The number of hydrogen-bond acceptors (Lipinski definition) is 4. The molecule has 0 aromatic heterocycles. The lowest BCUT2D eigenvalue weighted by atomic mass is 10.2. The average molecular weight is 302 g/mol. The van der Waals surface area contributed by atoms with Crippen molar-refractivity contribution in [3.05, 3.63) is 29.8 Å². The molecule has 118 valence electrons. The van der Waals surface area contributed by atoms with Crippen LogP contribution < -0.4 is 4.74 Å². The number of nitriles is 1. The molecule has 0 radical (unpaired) electrons. The Labute approximate surface area is 131 Å². The minimum Gasteiger partial charge on any atom is -0.491 e. The fourth-order valence-corrected chi connectivity index (χ4v) is 2.42. The Morgan fingerprint density at radius 1 is 1.45 bits per heavy atom. The average Bonchev–Trinajstić information content (AvgIpc) is 2.92. The molecule has 0 bridgehead atoms. The third kappa shape index (κ3) is 4.39. The maximum Gasteiger partial charge on any atom is 0.410 e. The van der Waals surface area contributed by atoms with E-state index in [9.17, 15) is 4.79 Å². The monoisotopic (exact) mass is 302 g/mol. The molecule has 0 aliphatic carbocycles.